The van der Waals surface area contributed by atoms with Gasteiger partial charge in [-0.05, 0) is 25.1 Å². The average Bonchev–Trinajstić information content (AvgIpc) is 2.47. The van der Waals surface area contributed by atoms with Crippen molar-refractivity contribution in [3.8, 4) is 0 Å². The first kappa shape index (κ1) is 16.2. The van der Waals surface area contributed by atoms with Gasteiger partial charge in [-0.1, -0.05) is 23.4 Å². The number of hydrogen-bond acceptors (Lipinski definition) is 6. The van der Waals surface area contributed by atoms with E-state index >= 15 is 0 Å². The molecule has 0 spiro atoms. The number of nitrogen functional groups attached to an aromatic ring is 1. The summed E-state index contributed by atoms with van der Waals surface area (Å²) < 4.78 is 14.4. The van der Waals surface area contributed by atoms with Crippen LogP contribution in [0.3, 0.4) is 0 Å². The molecule has 0 saturated carbocycles. The highest BCUT2D eigenvalue weighted by Gasteiger charge is 2.12. The summed E-state index contributed by atoms with van der Waals surface area (Å²) in [5.41, 5.74) is -0.337. The summed E-state index contributed by atoms with van der Waals surface area (Å²) in [6.07, 6.45) is 0. The van der Waals surface area contributed by atoms with Crippen LogP contribution < -0.4 is 16.7 Å². The first-order valence-corrected chi connectivity index (χ1v) is 7.34. The maximum Gasteiger partial charge on any atom is 0.294 e. The number of aryl methyl sites for hydroxylation is 1. The summed E-state index contributed by atoms with van der Waals surface area (Å²) in [6.45, 7) is 1.48. The minimum Gasteiger partial charge on any atom is -0.334 e. The molecule has 0 unspecified atom stereocenters. The molecule has 3 N–H and O–H groups in total. The number of aromatic nitrogens is 3. The predicted octanol–water partition coefficient (Wildman–Crippen LogP) is 1.18. The second-order valence-electron chi connectivity index (χ2n) is 4.20. The Kier molecular flexibility index (Phi) is 4.99. The highest BCUT2D eigenvalue weighted by atomic mass is 35.5. The Morgan fingerprint density at radius 3 is 2.91 bits per heavy atom. The maximum absolute atomic E-state index is 13.5. The number of thioether (sulfide) groups is 1. The Labute approximate surface area is 133 Å². The van der Waals surface area contributed by atoms with E-state index in [2.05, 4.69) is 15.5 Å². The van der Waals surface area contributed by atoms with Gasteiger partial charge in [0.05, 0.1) is 11.4 Å². The van der Waals surface area contributed by atoms with Gasteiger partial charge in [0.25, 0.3) is 5.56 Å². The Balaban J connectivity index is 2.01. The number of nitrogens with one attached hydrogen (secondary N) is 1. The van der Waals surface area contributed by atoms with Gasteiger partial charge in [0, 0.05) is 5.02 Å². The smallest absolute Gasteiger partial charge is 0.294 e. The van der Waals surface area contributed by atoms with Crippen LogP contribution in [0.5, 0.6) is 0 Å². The second-order valence-corrected chi connectivity index (χ2v) is 5.58. The van der Waals surface area contributed by atoms with Gasteiger partial charge in [-0.2, -0.15) is 4.68 Å². The van der Waals surface area contributed by atoms with E-state index in [1.807, 2.05) is 0 Å². The van der Waals surface area contributed by atoms with Crippen LogP contribution in [0.1, 0.15) is 5.69 Å². The normalized spacial score (nSPS) is 10.5. The molecule has 1 aromatic carbocycles. The molecule has 1 amide bonds. The molecular weight excluding hydrogens is 333 g/mol. The monoisotopic (exact) mass is 343 g/mol. The number of nitrogens with zero attached hydrogens (tertiary/aromatic N) is 3. The molecular formula is C12H11ClFN5O2S. The Morgan fingerprint density at radius 2 is 2.23 bits per heavy atom. The molecule has 0 saturated heterocycles. The largest absolute Gasteiger partial charge is 0.334 e. The lowest BCUT2D eigenvalue weighted by atomic mass is 10.3. The van der Waals surface area contributed by atoms with Crippen LogP contribution in [-0.2, 0) is 4.79 Å². The van der Waals surface area contributed by atoms with Gasteiger partial charge in [0.2, 0.25) is 11.1 Å². The van der Waals surface area contributed by atoms with Crippen molar-refractivity contribution in [3.63, 3.8) is 0 Å². The van der Waals surface area contributed by atoms with E-state index in [-0.39, 0.29) is 27.3 Å². The van der Waals surface area contributed by atoms with E-state index in [1.165, 1.54) is 19.1 Å². The van der Waals surface area contributed by atoms with E-state index in [0.29, 0.717) is 0 Å². The lowest BCUT2D eigenvalue weighted by molar-refractivity contribution is -0.113. The molecule has 0 atom stereocenters. The summed E-state index contributed by atoms with van der Waals surface area (Å²) in [5.74, 6) is 4.30. The van der Waals surface area contributed by atoms with Crippen LogP contribution in [0.4, 0.5) is 10.1 Å². The Hall–Kier alpha value is -2.13. The average molecular weight is 344 g/mol. The summed E-state index contributed by atoms with van der Waals surface area (Å²) >= 11 is 6.53. The van der Waals surface area contributed by atoms with E-state index in [9.17, 15) is 14.0 Å². The number of nitrogens with two attached hydrogens (primary N) is 1. The fourth-order valence-electron chi connectivity index (χ4n) is 1.48. The molecule has 0 fully saturated rings. The summed E-state index contributed by atoms with van der Waals surface area (Å²) in [4.78, 5) is 23.3. The molecule has 1 aromatic heterocycles. The molecule has 116 valence electrons. The molecule has 0 aliphatic heterocycles. The van der Waals surface area contributed by atoms with E-state index < -0.39 is 17.3 Å². The third-order valence-corrected chi connectivity index (χ3v) is 3.74. The van der Waals surface area contributed by atoms with E-state index in [0.717, 1.165) is 22.5 Å². The van der Waals surface area contributed by atoms with Crippen LogP contribution in [-0.4, -0.2) is 26.5 Å². The van der Waals surface area contributed by atoms with Gasteiger partial charge in [0.15, 0.2) is 0 Å². The fraction of sp³-hybridized carbons (Fsp3) is 0.167. The van der Waals surface area contributed by atoms with Crippen molar-refractivity contribution in [2.45, 2.75) is 12.1 Å². The number of carbonyl (C=O) groups excluding carboxylic acids is 1. The van der Waals surface area contributed by atoms with Gasteiger partial charge in [-0.25, -0.2) is 4.39 Å². The molecule has 0 bridgehead atoms. The van der Waals surface area contributed by atoms with E-state index in [1.54, 1.807) is 0 Å². The molecule has 22 heavy (non-hydrogen) atoms. The zero-order valence-electron chi connectivity index (χ0n) is 11.3. The zero-order valence-corrected chi connectivity index (χ0v) is 12.9. The van der Waals surface area contributed by atoms with Gasteiger partial charge < -0.3 is 11.2 Å². The van der Waals surface area contributed by atoms with Gasteiger partial charge >= 0.3 is 0 Å². The lowest BCUT2D eigenvalue weighted by Crippen LogP contribution is -2.32. The minimum absolute atomic E-state index is 0.00938. The lowest BCUT2D eigenvalue weighted by Gasteiger charge is -2.07. The van der Waals surface area contributed by atoms with Crippen LogP contribution in [0.2, 0.25) is 5.02 Å². The van der Waals surface area contributed by atoms with E-state index in [4.69, 9.17) is 17.4 Å². The fourth-order valence-corrected chi connectivity index (χ4v) is 2.29. The molecule has 0 aliphatic carbocycles. The Morgan fingerprint density at radius 1 is 1.50 bits per heavy atom. The van der Waals surface area contributed by atoms with Crippen LogP contribution >= 0.6 is 23.4 Å². The highest BCUT2D eigenvalue weighted by molar-refractivity contribution is 7.99. The standard InChI is InChI=1S/C12H11ClFN5O2S/c1-6-11(21)19(15)12(18-17-6)22-5-10(20)16-9-3-2-7(13)4-8(9)14/h2-4H,5,15H2,1H3,(H,16,20). The summed E-state index contributed by atoms with van der Waals surface area (Å²) in [7, 11) is 0. The number of anilines is 1. The SMILES string of the molecule is Cc1nnc(SCC(=O)Nc2ccc(Cl)cc2F)n(N)c1=O. The Bertz CT molecular complexity index is 783. The van der Waals surface area contributed by atoms with Gasteiger partial charge in [-0.3, -0.25) is 9.59 Å². The maximum atomic E-state index is 13.5. The summed E-state index contributed by atoms with van der Waals surface area (Å²) in [6, 6.07) is 3.90. The molecule has 0 aliphatic rings. The zero-order chi connectivity index (χ0) is 16.3. The van der Waals surface area contributed by atoms with Crippen molar-refractivity contribution in [3.05, 3.63) is 45.1 Å². The topological polar surface area (TPSA) is 103 Å². The van der Waals surface area contributed by atoms with Crippen molar-refractivity contribution >= 4 is 35.0 Å². The van der Waals surface area contributed by atoms with Gasteiger partial charge in [0.1, 0.15) is 11.5 Å². The third-order valence-electron chi connectivity index (χ3n) is 2.56. The van der Waals surface area contributed by atoms with Crippen LogP contribution in [0.25, 0.3) is 0 Å². The molecule has 10 heteroatoms. The van der Waals surface area contributed by atoms with Gasteiger partial charge in [-0.15, -0.1) is 10.2 Å². The van der Waals surface area contributed by atoms with Crippen LogP contribution in [0.15, 0.2) is 28.2 Å². The number of carbonyl (C=O) groups is 1. The molecule has 0 radical (unpaired) electrons. The number of hydrogen-bond donors (Lipinski definition) is 2. The van der Waals surface area contributed by atoms with Crippen molar-refractivity contribution in [2.24, 2.45) is 0 Å². The minimum atomic E-state index is -0.642. The number of halogens is 2. The second kappa shape index (κ2) is 6.75. The van der Waals surface area contributed by atoms with Crippen LogP contribution in [0, 0.1) is 12.7 Å². The molecule has 2 rings (SSSR count). The van der Waals surface area contributed by atoms with Crippen molar-refractivity contribution in [2.75, 3.05) is 16.9 Å². The first-order chi connectivity index (χ1) is 10.4. The number of amides is 1. The summed E-state index contributed by atoms with van der Waals surface area (Å²) in [5, 5.41) is 10.1. The predicted molar refractivity (Wildman–Crippen MR) is 81.9 cm³/mol. The molecule has 7 nitrogen and oxygen atoms in total. The van der Waals surface area contributed by atoms with Crippen molar-refractivity contribution in [1.29, 1.82) is 0 Å². The van der Waals surface area contributed by atoms with Crippen molar-refractivity contribution in [1.82, 2.24) is 14.9 Å². The first-order valence-electron chi connectivity index (χ1n) is 5.97. The highest BCUT2D eigenvalue weighted by Crippen LogP contribution is 2.19. The third kappa shape index (κ3) is 3.74. The number of benzene rings is 1. The molecule has 1 heterocycles. The number of rotatable bonds is 4. The van der Waals surface area contributed by atoms with Crippen molar-refractivity contribution < 1.29 is 9.18 Å². The molecule has 2 aromatic rings. The quantitative estimate of drug-likeness (QED) is 0.638.